The Bertz CT molecular complexity index is 1940. The molecule has 11 nitrogen and oxygen atoms in total. The number of nitrogens with one attached hydrogen (secondary N) is 2. The molecule has 5 aromatic rings. The van der Waals surface area contributed by atoms with Crippen LogP contribution in [0, 0.1) is 22.8 Å². The van der Waals surface area contributed by atoms with Crippen molar-refractivity contribution in [3.05, 3.63) is 81.1 Å². The molecule has 4 aromatic heterocycles. The van der Waals surface area contributed by atoms with Crippen molar-refractivity contribution in [2.24, 2.45) is 12.0 Å². The summed E-state index contributed by atoms with van der Waals surface area (Å²) in [7, 11) is 1.78. The van der Waals surface area contributed by atoms with Gasteiger partial charge in [0.05, 0.1) is 57.4 Å². The molecular weight excluding hydrogens is 458 g/mol. The highest BCUT2D eigenvalue weighted by Crippen LogP contribution is 2.29. The Balaban J connectivity index is 1.86. The maximum atomic E-state index is 12.4. The molecular formula is C25H19N9O2. The fourth-order valence-corrected chi connectivity index (χ4v) is 4.16. The van der Waals surface area contributed by atoms with Gasteiger partial charge in [-0.15, -0.1) is 4.99 Å². The first-order valence-corrected chi connectivity index (χ1v) is 10.9. The van der Waals surface area contributed by atoms with Gasteiger partial charge in [-0.3, -0.25) is 24.3 Å². The number of pyridine rings is 2. The molecule has 0 radical (unpaired) electrons. The molecule has 4 heterocycles. The molecule has 0 aliphatic heterocycles. The molecule has 0 atom stereocenters. The lowest BCUT2D eigenvalue weighted by Crippen LogP contribution is -2.23. The van der Waals surface area contributed by atoms with Crippen LogP contribution in [0.4, 0.5) is 0 Å². The van der Waals surface area contributed by atoms with E-state index in [2.05, 4.69) is 31.0 Å². The van der Waals surface area contributed by atoms with Gasteiger partial charge in [0, 0.05) is 18.6 Å². The van der Waals surface area contributed by atoms with E-state index < -0.39 is 16.7 Å². The average Bonchev–Trinajstić information content (AvgIpc) is 3.16. The van der Waals surface area contributed by atoms with Crippen LogP contribution in [0.15, 0.2) is 63.5 Å². The summed E-state index contributed by atoms with van der Waals surface area (Å²) in [6.45, 7) is 3.57. The topological polar surface area (TPSA) is 161 Å². The molecule has 0 bridgehead atoms. The smallest absolute Gasteiger partial charge is 0.313 e. The molecule has 11 heteroatoms. The molecule has 0 saturated carbocycles. The Labute approximate surface area is 203 Å². The number of nitrogens with zero attached hydrogens (tertiary/aromatic N) is 7. The number of hydrogen-bond donors (Lipinski definition) is 2. The number of aromatic amines is 2. The average molecular weight is 477 g/mol. The van der Waals surface area contributed by atoms with E-state index in [0.29, 0.717) is 50.1 Å². The minimum absolute atomic E-state index is 0.294. The van der Waals surface area contributed by atoms with Crippen molar-refractivity contribution in [3.8, 4) is 29.1 Å². The van der Waals surface area contributed by atoms with Gasteiger partial charge in [-0.05, 0) is 43.7 Å². The van der Waals surface area contributed by atoms with Crippen molar-refractivity contribution in [2.75, 3.05) is 0 Å². The number of rotatable bonds is 3. The third-order valence-electron chi connectivity index (χ3n) is 6.11. The molecule has 5 rings (SSSR count). The molecule has 36 heavy (non-hydrogen) atoms. The summed E-state index contributed by atoms with van der Waals surface area (Å²) in [5.41, 5.74) is 2.65. The predicted octanol–water partition coefficient (Wildman–Crippen LogP) is 2.14. The fourth-order valence-electron chi connectivity index (χ4n) is 4.16. The summed E-state index contributed by atoms with van der Waals surface area (Å²) in [6.07, 6.45) is 6.55. The van der Waals surface area contributed by atoms with Crippen LogP contribution in [0.1, 0.15) is 19.5 Å². The zero-order valence-corrected chi connectivity index (χ0v) is 19.6. The SMILES string of the molecule is Cn1c(=NC#N)n(-c2ccc(C(C)(C)C#N)nc2)c2c3cc(-c4c[nH]c(=O)[nH]c4=O)ccc3ncc21. The number of imidazole rings is 1. The van der Waals surface area contributed by atoms with Crippen molar-refractivity contribution in [2.45, 2.75) is 19.3 Å². The van der Waals surface area contributed by atoms with E-state index in [1.54, 1.807) is 66.7 Å². The van der Waals surface area contributed by atoms with Crippen molar-refractivity contribution < 1.29 is 0 Å². The van der Waals surface area contributed by atoms with Crippen LogP contribution in [0.3, 0.4) is 0 Å². The van der Waals surface area contributed by atoms with Gasteiger partial charge < -0.3 is 9.55 Å². The van der Waals surface area contributed by atoms with Crippen LogP contribution in [-0.2, 0) is 12.5 Å². The first-order chi connectivity index (χ1) is 17.2. The summed E-state index contributed by atoms with van der Waals surface area (Å²) in [5.74, 6) is 0. The lowest BCUT2D eigenvalue weighted by atomic mass is 9.91. The van der Waals surface area contributed by atoms with Gasteiger partial charge in [0.25, 0.3) is 5.56 Å². The van der Waals surface area contributed by atoms with Crippen LogP contribution < -0.4 is 16.9 Å². The van der Waals surface area contributed by atoms with Crippen LogP contribution in [0.5, 0.6) is 0 Å². The molecule has 0 saturated heterocycles. The monoisotopic (exact) mass is 477 g/mol. The van der Waals surface area contributed by atoms with Gasteiger partial charge in [0.1, 0.15) is 0 Å². The van der Waals surface area contributed by atoms with Gasteiger partial charge in [-0.2, -0.15) is 10.5 Å². The minimum Gasteiger partial charge on any atom is -0.313 e. The third kappa shape index (κ3) is 3.47. The minimum atomic E-state index is -0.767. The van der Waals surface area contributed by atoms with Crippen molar-refractivity contribution >= 4 is 21.9 Å². The van der Waals surface area contributed by atoms with E-state index in [-0.39, 0.29) is 0 Å². The number of nitriles is 2. The molecule has 0 fully saturated rings. The van der Waals surface area contributed by atoms with Crippen LogP contribution in [0.25, 0.3) is 38.8 Å². The van der Waals surface area contributed by atoms with E-state index in [0.717, 1.165) is 0 Å². The highest BCUT2D eigenvalue weighted by molar-refractivity contribution is 6.04. The van der Waals surface area contributed by atoms with Crippen LogP contribution in [-0.4, -0.2) is 29.1 Å². The zero-order valence-electron chi connectivity index (χ0n) is 19.6. The largest absolute Gasteiger partial charge is 0.325 e. The summed E-state index contributed by atoms with van der Waals surface area (Å²) < 4.78 is 3.54. The second kappa shape index (κ2) is 8.18. The van der Waals surface area contributed by atoms with Crippen LogP contribution >= 0.6 is 0 Å². The Hall–Kier alpha value is -5.29. The first-order valence-electron chi connectivity index (χ1n) is 10.9. The molecule has 2 N–H and O–H groups in total. The maximum absolute atomic E-state index is 12.4. The van der Waals surface area contributed by atoms with Gasteiger partial charge >= 0.3 is 5.69 Å². The van der Waals surface area contributed by atoms with Crippen molar-refractivity contribution in [1.82, 2.24) is 29.1 Å². The Morgan fingerprint density at radius 2 is 1.89 bits per heavy atom. The molecule has 176 valence electrons. The fraction of sp³-hybridized carbons (Fsp3) is 0.160. The number of fused-ring (bicyclic) bond motifs is 3. The van der Waals surface area contributed by atoms with Crippen molar-refractivity contribution in [1.29, 1.82) is 10.5 Å². The summed E-state index contributed by atoms with van der Waals surface area (Å²) >= 11 is 0. The van der Waals surface area contributed by atoms with Gasteiger partial charge in [-0.1, -0.05) is 6.07 Å². The number of benzene rings is 1. The number of aryl methyl sites for hydroxylation is 1. The number of aromatic nitrogens is 6. The maximum Gasteiger partial charge on any atom is 0.325 e. The number of H-pyrrole nitrogens is 2. The quantitative estimate of drug-likeness (QED) is 0.378. The molecule has 0 unspecified atom stereocenters. The summed E-state index contributed by atoms with van der Waals surface area (Å²) in [4.78, 5) is 41.8. The Kier molecular flexibility index (Phi) is 5.11. The normalized spacial score (nSPS) is 12.1. The van der Waals surface area contributed by atoms with Gasteiger partial charge in [-0.25, -0.2) is 4.79 Å². The van der Waals surface area contributed by atoms with Crippen molar-refractivity contribution in [3.63, 3.8) is 0 Å². The summed E-state index contributed by atoms with van der Waals surface area (Å²) in [5, 5.41) is 19.6. The molecule has 0 amide bonds. The molecule has 0 aliphatic carbocycles. The number of hydrogen-bond acceptors (Lipinski definition) is 7. The van der Waals surface area contributed by atoms with E-state index >= 15 is 0 Å². The lowest BCUT2D eigenvalue weighted by molar-refractivity contribution is 0.658. The zero-order chi connectivity index (χ0) is 25.6. The van der Waals surface area contributed by atoms with Gasteiger partial charge in [0.2, 0.25) is 11.8 Å². The van der Waals surface area contributed by atoms with E-state index in [1.807, 2.05) is 12.3 Å². The highest BCUT2D eigenvalue weighted by atomic mass is 16.2. The second-order valence-electron chi connectivity index (χ2n) is 8.75. The van der Waals surface area contributed by atoms with E-state index in [1.165, 1.54) is 6.20 Å². The standard InChI is InChI=1S/C25H19N9O2/c1-25(2,12-26)20-7-5-15(9-29-20)34-21-16-8-14(17-10-30-23(36)32-22(17)35)4-6-18(16)28-11-19(21)33(3)24(34)31-13-27/h4-11H,1-3H3,(H2,30,32,35,36). The second-order valence-corrected chi connectivity index (χ2v) is 8.75. The summed E-state index contributed by atoms with van der Waals surface area (Å²) in [6, 6.07) is 11.2. The predicted molar refractivity (Wildman–Crippen MR) is 132 cm³/mol. The van der Waals surface area contributed by atoms with Crippen LogP contribution in [0.2, 0.25) is 0 Å². The Morgan fingerprint density at radius 3 is 2.56 bits per heavy atom. The van der Waals surface area contributed by atoms with E-state index in [9.17, 15) is 20.1 Å². The lowest BCUT2D eigenvalue weighted by Gasteiger charge is -2.15. The first kappa shape index (κ1) is 22.5. The third-order valence-corrected chi connectivity index (χ3v) is 6.11. The molecule has 0 spiro atoms. The molecule has 1 aromatic carbocycles. The Morgan fingerprint density at radius 1 is 1.08 bits per heavy atom. The van der Waals surface area contributed by atoms with E-state index in [4.69, 9.17) is 0 Å². The van der Waals surface area contributed by atoms with Gasteiger partial charge in [0.15, 0.2) is 0 Å². The molecule has 0 aliphatic rings. The highest BCUT2D eigenvalue weighted by Gasteiger charge is 2.22.